The highest BCUT2D eigenvalue weighted by Gasteiger charge is 2.15. The first kappa shape index (κ1) is 13.2. The Kier molecular flexibility index (Phi) is 3.62. The smallest absolute Gasteiger partial charge is 0.348 e. The molecule has 0 aromatic carbocycles. The van der Waals surface area contributed by atoms with Crippen molar-refractivity contribution in [3.8, 4) is 0 Å². The van der Waals surface area contributed by atoms with Gasteiger partial charge in [-0.3, -0.25) is 10.2 Å². The SMILES string of the molecule is O=C(O)C=NNC1=c2[nH]c(=O)sc2=CCC1=S(=O)=O. The summed E-state index contributed by atoms with van der Waals surface area (Å²) in [4.78, 5) is 23.7. The van der Waals surface area contributed by atoms with E-state index in [2.05, 4.69) is 15.5 Å². The maximum atomic E-state index is 11.3. The first-order valence-corrected chi connectivity index (χ1v) is 6.79. The predicted molar refractivity (Wildman–Crippen MR) is 69.9 cm³/mol. The molecule has 0 radical (unpaired) electrons. The summed E-state index contributed by atoms with van der Waals surface area (Å²) < 4.78 is 22.8. The second-order valence-electron chi connectivity index (χ2n) is 3.40. The maximum absolute atomic E-state index is 11.3. The highest BCUT2D eigenvalue weighted by molar-refractivity contribution is 7.74. The highest BCUT2D eigenvalue weighted by atomic mass is 32.2. The third-order valence-corrected chi connectivity index (χ3v) is 3.88. The summed E-state index contributed by atoms with van der Waals surface area (Å²) in [6, 6.07) is 0. The Labute approximate surface area is 110 Å². The van der Waals surface area contributed by atoms with Crippen LogP contribution in [0.1, 0.15) is 6.42 Å². The van der Waals surface area contributed by atoms with Crippen molar-refractivity contribution in [2.24, 2.45) is 5.10 Å². The van der Waals surface area contributed by atoms with E-state index in [-0.39, 0.29) is 21.9 Å². The molecular weight excluding hydrogens is 294 g/mol. The number of hydrazone groups is 1. The van der Waals surface area contributed by atoms with Crippen LogP contribution in [0.3, 0.4) is 0 Å². The number of carbonyl (C=O) groups is 1. The molecule has 1 aliphatic carbocycles. The quantitative estimate of drug-likeness (QED) is 0.320. The second-order valence-corrected chi connectivity index (χ2v) is 5.38. The van der Waals surface area contributed by atoms with Gasteiger partial charge in [0.05, 0.1) is 9.88 Å². The third kappa shape index (κ3) is 2.80. The van der Waals surface area contributed by atoms with E-state index in [0.717, 1.165) is 11.3 Å². The number of aromatic amines is 1. The lowest BCUT2D eigenvalue weighted by Crippen LogP contribution is -2.36. The number of nitrogens with one attached hydrogen (secondary N) is 2. The zero-order valence-corrected chi connectivity index (χ0v) is 10.8. The summed E-state index contributed by atoms with van der Waals surface area (Å²) in [7, 11) is -2.50. The zero-order chi connectivity index (χ0) is 14.0. The number of carboxylic acids is 1. The monoisotopic (exact) mass is 301 g/mol. The number of aliphatic carboxylic acids is 1. The van der Waals surface area contributed by atoms with E-state index in [1.807, 2.05) is 0 Å². The molecule has 0 saturated carbocycles. The van der Waals surface area contributed by atoms with E-state index in [0.29, 0.717) is 16.1 Å². The molecule has 1 aromatic heterocycles. The number of carboxylic acid groups (broad SMARTS) is 1. The molecule has 0 amide bonds. The molecule has 0 aliphatic heterocycles. The molecule has 1 aliphatic rings. The largest absolute Gasteiger partial charge is 0.477 e. The van der Waals surface area contributed by atoms with Crippen molar-refractivity contribution in [1.29, 1.82) is 0 Å². The molecule has 0 unspecified atom stereocenters. The lowest BCUT2D eigenvalue weighted by molar-refractivity contribution is -0.128. The van der Waals surface area contributed by atoms with Crippen LogP contribution in [-0.4, -0.2) is 35.6 Å². The van der Waals surface area contributed by atoms with Crippen LogP contribution in [0.2, 0.25) is 0 Å². The molecule has 0 saturated heterocycles. The van der Waals surface area contributed by atoms with Crippen LogP contribution < -0.4 is 20.2 Å². The van der Waals surface area contributed by atoms with E-state index < -0.39 is 16.3 Å². The minimum absolute atomic E-state index is 0.00379. The van der Waals surface area contributed by atoms with Gasteiger partial charge in [-0.25, -0.2) is 4.79 Å². The normalized spacial score (nSPS) is 14.1. The fraction of sp³-hybridized carbons (Fsp3) is 0.111. The van der Waals surface area contributed by atoms with E-state index >= 15 is 0 Å². The molecule has 0 fully saturated rings. The van der Waals surface area contributed by atoms with Crippen molar-refractivity contribution in [3.63, 3.8) is 0 Å². The lowest BCUT2D eigenvalue weighted by atomic mass is 10.1. The van der Waals surface area contributed by atoms with Gasteiger partial charge in [-0.2, -0.15) is 13.5 Å². The van der Waals surface area contributed by atoms with Crippen LogP contribution in [0.15, 0.2) is 9.90 Å². The van der Waals surface area contributed by atoms with E-state index in [1.165, 1.54) is 0 Å². The Morgan fingerprint density at radius 2 is 2.32 bits per heavy atom. The maximum Gasteiger partial charge on any atom is 0.348 e. The number of hydrogen-bond donors (Lipinski definition) is 3. The highest BCUT2D eigenvalue weighted by Crippen LogP contribution is 2.01. The summed E-state index contributed by atoms with van der Waals surface area (Å²) in [5, 5.41) is 12.1. The van der Waals surface area contributed by atoms with Gasteiger partial charge in [-0.1, -0.05) is 17.4 Å². The first-order valence-electron chi connectivity index (χ1n) is 4.90. The van der Waals surface area contributed by atoms with Crippen molar-refractivity contribution in [1.82, 2.24) is 10.4 Å². The number of aromatic nitrogens is 1. The van der Waals surface area contributed by atoms with Gasteiger partial charge in [0.1, 0.15) is 16.8 Å². The van der Waals surface area contributed by atoms with Crippen molar-refractivity contribution in [2.45, 2.75) is 6.42 Å². The van der Waals surface area contributed by atoms with Crippen molar-refractivity contribution < 1.29 is 18.3 Å². The Bertz CT molecular complexity index is 864. The molecule has 3 N–H and O–H groups in total. The second kappa shape index (κ2) is 5.20. The van der Waals surface area contributed by atoms with Crippen LogP contribution in [0.4, 0.5) is 0 Å². The van der Waals surface area contributed by atoms with Crippen LogP contribution in [0, 0.1) is 0 Å². The van der Waals surface area contributed by atoms with E-state index in [9.17, 15) is 18.0 Å². The number of hydrogen-bond acceptors (Lipinski definition) is 7. The fourth-order valence-corrected chi connectivity index (χ4v) is 2.83. The van der Waals surface area contributed by atoms with E-state index in [1.54, 1.807) is 6.08 Å². The summed E-state index contributed by atoms with van der Waals surface area (Å²) in [5.74, 6) is -1.28. The standard InChI is InChI=1S/C9H7N3O5S2/c13-6(14)3-10-12-8-5(19(16)17)2-1-4-7(8)11-9(15)18-4/h1,3,12H,2H2,(H,11,15)(H,13,14). The average Bonchev–Trinajstić information content (AvgIpc) is 2.69. The van der Waals surface area contributed by atoms with Gasteiger partial charge in [-0.15, -0.1) is 0 Å². The summed E-state index contributed by atoms with van der Waals surface area (Å²) in [6.07, 6.45) is 2.30. The van der Waals surface area contributed by atoms with Crippen LogP contribution in [-0.2, 0) is 15.1 Å². The number of nitrogens with zero attached hydrogens (tertiary/aromatic N) is 1. The lowest BCUT2D eigenvalue weighted by Gasteiger charge is -2.07. The molecule has 0 atom stereocenters. The predicted octanol–water partition coefficient (Wildman–Crippen LogP) is -2.56. The molecule has 2 rings (SSSR count). The number of fused-ring (bicyclic) bond motifs is 1. The minimum Gasteiger partial charge on any atom is -0.477 e. The number of rotatable bonds is 3. The van der Waals surface area contributed by atoms with Crippen molar-refractivity contribution in [3.05, 3.63) is 19.5 Å². The van der Waals surface area contributed by atoms with Gasteiger partial charge in [-0.05, 0) is 0 Å². The number of thiazole rings is 1. The minimum atomic E-state index is -2.50. The molecule has 10 heteroatoms. The Morgan fingerprint density at radius 1 is 1.58 bits per heavy atom. The van der Waals surface area contributed by atoms with Gasteiger partial charge in [0.15, 0.2) is 0 Å². The van der Waals surface area contributed by atoms with Gasteiger partial charge in [0, 0.05) is 6.42 Å². The van der Waals surface area contributed by atoms with Gasteiger partial charge in [0.25, 0.3) is 0 Å². The summed E-state index contributed by atoms with van der Waals surface area (Å²) in [5.41, 5.74) is 2.43. The van der Waals surface area contributed by atoms with Crippen molar-refractivity contribution >= 4 is 50.5 Å². The molecular formula is C9H7N3O5S2. The van der Waals surface area contributed by atoms with Gasteiger partial charge < -0.3 is 10.1 Å². The third-order valence-electron chi connectivity index (χ3n) is 2.23. The fourth-order valence-electron chi connectivity index (χ4n) is 1.52. The molecule has 100 valence electrons. The Hall–Kier alpha value is -2.20. The van der Waals surface area contributed by atoms with Crippen molar-refractivity contribution in [2.75, 3.05) is 0 Å². The van der Waals surface area contributed by atoms with E-state index in [4.69, 9.17) is 5.11 Å². The topological polar surface area (TPSA) is 129 Å². The molecule has 0 bridgehead atoms. The Balaban J connectivity index is 2.66. The Morgan fingerprint density at radius 3 is 2.95 bits per heavy atom. The number of H-pyrrole nitrogens is 1. The zero-order valence-electron chi connectivity index (χ0n) is 9.21. The van der Waals surface area contributed by atoms with Gasteiger partial charge >= 0.3 is 10.8 Å². The van der Waals surface area contributed by atoms with Crippen LogP contribution >= 0.6 is 11.3 Å². The molecule has 0 spiro atoms. The molecule has 8 nitrogen and oxygen atoms in total. The van der Waals surface area contributed by atoms with Crippen LogP contribution in [0.5, 0.6) is 0 Å². The first-order chi connectivity index (χ1) is 8.99. The van der Waals surface area contributed by atoms with Crippen LogP contribution in [0.25, 0.3) is 11.8 Å². The van der Waals surface area contributed by atoms with Gasteiger partial charge in [0.2, 0.25) is 10.3 Å². The summed E-state index contributed by atoms with van der Waals surface area (Å²) in [6.45, 7) is 0. The summed E-state index contributed by atoms with van der Waals surface area (Å²) >= 11 is 0.937. The average molecular weight is 301 g/mol. The molecule has 1 aromatic rings. The molecule has 1 heterocycles. The molecule has 19 heavy (non-hydrogen) atoms.